The number of hydrogen-bond acceptors (Lipinski definition) is 3. The number of rotatable bonds is 6. The number of hydrogen-bond donors (Lipinski definition) is 1. The van der Waals surface area contributed by atoms with Gasteiger partial charge in [-0.25, -0.2) is 18.1 Å². The smallest absolute Gasteiger partial charge is 0.259 e. The largest absolute Gasteiger partial charge is 0.334 e. The molecule has 2 unspecified atom stereocenters. The van der Waals surface area contributed by atoms with Crippen LogP contribution in [0.25, 0.3) is 0 Å². The number of nitrogens with one attached hydrogen (secondary N) is 1. The van der Waals surface area contributed by atoms with Crippen LogP contribution in [0.15, 0.2) is 11.2 Å². The molecule has 114 valence electrons. The minimum absolute atomic E-state index is 0.109. The van der Waals surface area contributed by atoms with Gasteiger partial charge in [0, 0.05) is 25.2 Å². The van der Waals surface area contributed by atoms with Crippen molar-refractivity contribution in [3.63, 3.8) is 0 Å². The molecule has 1 aromatic rings. The summed E-state index contributed by atoms with van der Waals surface area (Å²) < 4.78 is 29.0. The van der Waals surface area contributed by atoms with Crippen LogP contribution < -0.4 is 4.72 Å². The molecule has 0 spiro atoms. The molecule has 0 aromatic carbocycles. The number of aromatic nitrogens is 2. The molecule has 1 N–H and O–H groups in total. The van der Waals surface area contributed by atoms with Gasteiger partial charge in [-0.2, -0.15) is 0 Å². The van der Waals surface area contributed by atoms with Crippen LogP contribution in [-0.2, 0) is 16.6 Å². The molecule has 0 radical (unpaired) electrons. The summed E-state index contributed by atoms with van der Waals surface area (Å²) in [4.78, 5) is 4.12. The highest BCUT2D eigenvalue weighted by atomic mass is 35.5. The highest BCUT2D eigenvalue weighted by molar-refractivity contribution is 7.89. The van der Waals surface area contributed by atoms with Gasteiger partial charge in [-0.15, -0.1) is 11.6 Å². The van der Waals surface area contributed by atoms with Crippen molar-refractivity contribution in [1.82, 2.24) is 14.3 Å². The molecular formula is C13H22ClN3O2S. The Hall–Kier alpha value is -0.590. The highest BCUT2D eigenvalue weighted by Crippen LogP contribution is 2.32. The molecular weight excluding hydrogens is 298 g/mol. The maximum atomic E-state index is 12.2. The zero-order valence-corrected chi connectivity index (χ0v) is 13.5. The molecule has 0 amide bonds. The fourth-order valence-corrected chi connectivity index (χ4v) is 4.31. The Bertz CT molecular complexity index is 556. The predicted molar refractivity (Wildman–Crippen MR) is 79.4 cm³/mol. The molecule has 2 atom stereocenters. The van der Waals surface area contributed by atoms with E-state index in [1.807, 2.05) is 18.4 Å². The Balaban J connectivity index is 2.03. The molecule has 20 heavy (non-hydrogen) atoms. The van der Waals surface area contributed by atoms with Gasteiger partial charge in [0.25, 0.3) is 10.0 Å². The van der Waals surface area contributed by atoms with Crippen molar-refractivity contribution in [3.05, 3.63) is 12.0 Å². The normalized spacial score (nSPS) is 23.4. The zero-order valence-electron chi connectivity index (χ0n) is 12.0. The standard InChI is InChI=1S/C13H22ClN3O2S/c1-3-17-9-13(16-10(17)2)20(18,19)15-8-12-6-4-5-11(12)7-14/h9,11-12,15H,3-8H2,1-2H3. The SMILES string of the molecule is CCn1cc(S(=O)(=O)NCC2CCCC2CCl)nc1C. The molecule has 0 aliphatic heterocycles. The first-order valence-electron chi connectivity index (χ1n) is 7.07. The third-order valence-electron chi connectivity index (χ3n) is 4.12. The Morgan fingerprint density at radius 2 is 2.15 bits per heavy atom. The Labute approximate surface area is 125 Å². The van der Waals surface area contributed by atoms with Crippen LogP contribution in [-0.4, -0.2) is 30.4 Å². The van der Waals surface area contributed by atoms with Gasteiger partial charge in [0.2, 0.25) is 0 Å². The van der Waals surface area contributed by atoms with Gasteiger partial charge in [-0.3, -0.25) is 0 Å². The van der Waals surface area contributed by atoms with Gasteiger partial charge in [-0.1, -0.05) is 6.42 Å². The molecule has 2 rings (SSSR count). The Morgan fingerprint density at radius 1 is 1.45 bits per heavy atom. The van der Waals surface area contributed by atoms with Gasteiger partial charge in [0.1, 0.15) is 5.82 Å². The molecule has 1 aromatic heterocycles. The third kappa shape index (κ3) is 3.35. The lowest BCUT2D eigenvalue weighted by Crippen LogP contribution is -2.31. The summed E-state index contributed by atoms with van der Waals surface area (Å²) in [6, 6.07) is 0. The average molecular weight is 320 g/mol. The van der Waals surface area contributed by atoms with E-state index in [2.05, 4.69) is 9.71 Å². The van der Waals surface area contributed by atoms with E-state index in [0.717, 1.165) is 19.3 Å². The first kappa shape index (κ1) is 15.8. The van der Waals surface area contributed by atoms with Gasteiger partial charge in [-0.05, 0) is 38.5 Å². The highest BCUT2D eigenvalue weighted by Gasteiger charge is 2.28. The topological polar surface area (TPSA) is 64.0 Å². The third-order valence-corrected chi connectivity index (χ3v) is 5.81. The lowest BCUT2D eigenvalue weighted by molar-refractivity contribution is 0.418. The number of nitrogens with zero attached hydrogens (tertiary/aromatic N) is 2. The van der Waals surface area contributed by atoms with Crippen molar-refractivity contribution in [2.75, 3.05) is 12.4 Å². The Kier molecular flexibility index (Phi) is 5.09. The van der Waals surface area contributed by atoms with E-state index in [4.69, 9.17) is 11.6 Å². The van der Waals surface area contributed by atoms with E-state index >= 15 is 0 Å². The summed E-state index contributed by atoms with van der Waals surface area (Å²) in [6.45, 7) is 4.94. The van der Waals surface area contributed by atoms with Crippen molar-refractivity contribution in [1.29, 1.82) is 0 Å². The van der Waals surface area contributed by atoms with Gasteiger partial charge < -0.3 is 4.57 Å². The number of aryl methyl sites for hydroxylation is 2. The van der Waals surface area contributed by atoms with E-state index in [0.29, 0.717) is 36.6 Å². The molecule has 1 heterocycles. The molecule has 5 nitrogen and oxygen atoms in total. The van der Waals surface area contributed by atoms with Crippen molar-refractivity contribution < 1.29 is 8.42 Å². The molecule has 7 heteroatoms. The quantitative estimate of drug-likeness (QED) is 0.817. The van der Waals surface area contributed by atoms with Crippen LogP contribution in [0.4, 0.5) is 0 Å². The maximum Gasteiger partial charge on any atom is 0.259 e. The van der Waals surface area contributed by atoms with Crippen molar-refractivity contribution >= 4 is 21.6 Å². The van der Waals surface area contributed by atoms with E-state index in [9.17, 15) is 8.42 Å². The number of sulfonamides is 1. The second-order valence-corrected chi connectivity index (χ2v) is 7.39. The maximum absolute atomic E-state index is 12.2. The summed E-state index contributed by atoms with van der Waals surface area (Å²) in [5.74, 6) is 2.09. The average Bonchev–Trinajstić information content (AvgIpc) is 3.02. The van der Waals surface area contributed by atoms with E-state index in [1.165, 1.54) is 0 Å². The second kappa shape index (κ2) is 6.45. The van der Waals surface area contributed by atoms with Crippen LogP contribution in [0.2, 0.25) is 0 Å². The zero-order chi connectivity index (χ0) is 14.8. The van der Waals surface area contributed by atoms with Crippen molar-refractivity contribution in [2.45, 2.75) is 44.7 Å². The lowest BCUT2D eigenvalue weighted by Gasteiger charge is -2.17. The fourth-order valence-electron chi connectivity index (χ4n) is 2.81. The molecule has 1 saturated carbocycles. The monoisotopic (exact) mass is 319 g/mol. The number of imidazole rings is 1. The summed E-state index contributed by atoms with van der Waals surface area (Å²) in [5.41, 5.74) is 0. The molecule has 0 saturated heterocycles. The van der Waals surface area contributed by atoms with Gasteiger partial charge >= 0.3 is 0 Å². The van der Waals surface area contributed by atoms with Crippen LogP contribution in [0, 0.1) is 18.8 Å². The minimum atomic E-state index is -3.52. The van der Waals surface area contributed by atoms with E-state index in [1.54, 1.807) is 6.20 Å². The molecule has 1 fully saturated rings. The van der Waals surface area contributed by atoms with Crippen molar-refractivity contribution in [3.8, 4) is 0 Å². The lowest BCUT2D eigenvalue weighted by atomic mass is 9.98. The summed E-state index contributed by atoms with van der Waals surface area (Å²) >= 11 is 5.92. The molecule has 0 bridgehead atoms. The van der Waals surface area contributed by atoms with Crippen LogP contribution in [0.5, 0.6) is 0 Å². The first-order valence-corrected chi connectivity index (χ1v) is 9.09. The molecule has 1 aliphatic rings. The minimum Gasteiger partial charge on any atom is -0.334 e. The van der Waals surface area contributed by atoms with E-state index < -0.39 is 10.0 Å². The second-order valence-electron chi connectivity index (χ2n) is 5.37. The summed E-state index contributed by atoms with van der Waals surface area (Å²) in [7, 11) is -3.52. The van der Waals surface area contributed by atoms with Gasteiger partial charge in [0.05, 0.1) is 0 Å². The van der Waals surface area contributed by atoms with E-state index in [-0.39, 0.29) is 5.03 Å². The van der Waals surface area contributed by atoms with Gasteiger partial charge in [0.15, 0.2) is 5.03 Å². The predicted octanol–water partition coefficient (Wildman–Crippen LogP) is 2.14. The van der Waals surface area contributed by atoms with Crippen LogP contribution >= 0.6 is 11.6 Å². The number of alkyl halides is 1. The number of halogens is 1. The van der Waals surface area contributed by atoms with Crippen LogP contribution in [0.1, 0.15) is 32.0 Å². The molecule has 1 aliphatic carbocycles. The Morgan fingerprint density at radius 3 is 2.75 bits per heavy atom. The van der Waals surface area contributed by atoms with Crippen molar-refractivity contribution in [2.24, 2.45) is 11.8 Å². The fraction of sp³-hybridized carbons (Fsp3) is 0.769. The summed E-state index contributed by atoms with van der Waals surface area (Å²) in [6.07, 6.45) is 4.86. The van der Waals surface area contributed by atoms with Crippen LogP contribution in [0.3, 0.4) is 0 Å². The first-order chi connectivity index (χ1) is 9.47. The summed E-state index contributed by atoms with van der Waals surface area (Å²) in [5, 5.41) is 0.109.